The van der Waals surface area contributed by atoms with E-state index >= 15 is 0 Å². The maximum atomic E-state index is 13.8. The Morgan fingerprint density at radius 3 is 2.31 bits per heavy atom. The van der Waals surface area contributed by atoms with Gasteiger partial charge in [0.15, 0.2) is 0 Å². The van der Waals surface area contributed by atoms with Gasteiger partial charge < -0.3 is 19.9 Å². The first-order chi connectivity index (χ1) is 17.2. The molecule has 1 amide bonds. The summed E-state index contributed by atoms with van der Waals surface area (Å²) in [6, 6.07) is 19.4. The van der Waals surface area contributed by atoms with Crippen LogP contribution in [0, 0.1) is 20.8 Å². The maximum absolute atomic E-state index is 13.8. The number of carbonyl (C=O) groups is 2. The highest BCUT2D eigenvalue weighted by atomic mass is 16.5. The molecule has 6 heteroatoms. The van der Waals surface area contributed by atoms with Crippen molar-refractivity contribution in [2.24, 2.45) is 0 Å². The molecule has 0 atom stereocenters. The summed E-state index contributed by atoms with van der Waals surface area (Å²) in [5.41, 5.74) is 4.88. The van der Waals surface area contributed by atoms with Gasteiger partial charge >= 0.3 is 5.97 Å². The fraction of sp³-hybridized carbons (Fsp3) is 0.333. The molecule has 0 spiro atoms. The Kier molecular flexibility index (Phi) is 7.75. The Hall–Kier alpha value is -3.64. The average Bonchev–Trinajstić information content (AvgIpc) is 2.83. The third kappa shape index (κ3) is 6.13. The minimum atomic E-state index is -0.905. The molecule has 3 aromatic rings. The number of carboxylic acids is 1. The van der Waals surface area contributed by atoms with E-state index in [1.54, 1.807) is 18.2 Å². The standard InChI is InChI=1S/C30H33NO5/c1-20-5-4-6-24(16-20)30(11-13-35-14-12-30)31-29(34)27-19-25(9-7-23(27)8-10-28(32)33)36-26-17-21(2)15-22(3)18-26/h4-7,9,15-19H,8,10-14H2,1-3H3,(H,31,34)(H,32,33). The van der Waals surface area contributed by atoms with Gasteiger partial charge in [-0.25, -0.2) is 0 Å². The van der Waals surface area contributed by atoms with E-state index in [1.807, 2.05) is 51.1 Å². The van der Waals surface area contributed by atoms with Crippen LogP contribution in [-0.2, 0) is 21.5 Å². The normalized spacial score (nSPS) is 14.8. The van der Waals surface area contributed by atoms with Crippen LogP contribution < -0.4 is 10.1 Å². The van der Waals surface area contributed by atoms with Crippen molar-refractivity contribution in [3.8, 4) is 11.5 Å². The van der Waals surface area contributed by atoms with Crippen LogP contribution in [0.25, 0.3) is 0 Å². The number of aryl methyl sites for hydroxylation is 4. The Morgan fingerprint density at radius 1 is 0.917 bits per heavy atom. The molecular weight excluding hydrogens is 454 g/mol. The Balaban J connectivity index is 1.68. The van der Waals surface area contributed by atoms with E-state index in [1.165, 1.54) is 0 Å². The van der Waals surface area contributed by atoms with E-state index in [4.69, 9.17) is 9.47 Å². The number of carbonyl (C=O) groups excluding carboxylic acids is 1. The lowest BCUT2D eigenvalue weighted by atomic mass is 9.81. The first-order valence-corrected chi connectivity index (χ1v) is 12.3. The fourth-order valence-electron chi connectivity index (χ4n) is 4.85. The second kappa shape index (κ2) is 11.0. The molecule has 0 aromatic heterocycles. The van der Waals surface area contributed by atoms with Gasteiger partial charge in [0, 0.05) is 25.2 Å². The monoisotopic (exact) mass is 487 g/mol. The molecule has 0 bridgehead atoms. The first kappa shape index (κ1) is 25.5. The van der Waals surface area contributed by atoms with Crippen molar-refractivity contribution in [1.29, 1.82) is 0 Å². The summed E-state index contributed by atoms with van der Waals surface area (Å²) in [6.07, 6.45) is 1.51. The van der Waals surface area contributed by atoms with Crippen molar-refractivity contribution in [2.45, 2.75) is 52.0 Å². The van der Waals surface area contributed by atoms with Crippen LogP contribution in [0.3, 0.4) is 0 Å². The third-order valence-corrected chi connectivity index (χ3v) is 6.63. The number of rotatable bonds is 8. The number of nitrogens with one attached hydrogen (secondary N) is 1. The summed E-state index contributed by atoms with van der Waals surface area (Å²) in [5.74, 6) is 0.0702. The van der Waals surface area contributed by atoms with Gasteiger partial charge in [0.25, 0.3) is 5.91 Å². The van der Waals surface area contributed by atoms with E-state index in [9.17, 15) is 14.7 Å². The maximum Gasteiger partial charge on any atom is 0.303 e. The molecule has 6 nitrogen and oxygen atoms in total. The highest BCUT2D eigenvalue weighted by molar-refractivity contribution is 5.97. The summed E-state index contributed by atoms with van der Waals surface area (Å²) < 4.78 is 11.7. The van der Waals surface area contributed by atoms with Crippen LogP contribution in [0.2, 0.25) is 0 Å². The van der Waals surface area contributed by atoms with E-state index < -0.39 is 11.5 Å². The van der Waals surface area contributed by atoms with Gasteiger partial charge in [-0.1, -0.05) is 42.0 Å². The average molecular weight is 488 g/mol. The van der Waals surface area contributed by atoms with Crippen molar-refractivity contribution in [3.63, 3.8) is 0 Å². The van der Waals surface area contributed by atoms with Gasteiger partial charge in [-0.05, 0) is 86.6 Å². The quantitative estimate of drug-likeness (QED) is 0.416. The Morgan fingerprint density at radius 2 is 1.64 bits per heavy atom. The summed E-state index contributed by atoms with van der Waals surface area (Å²) in [4.78, 5) is 25.1. The summed E-state index contributed by atoms with van der Waals surface area (Å²) >= 11 is 0. The molecule has 1 saturated heterocycles. The highest BCUT2D eigenvalue weighted by Gasteiger charge is 2.36. The zero-order chi connectivity index (χ0) is 25.7. The minimum Gasteiger partial charge on any atom is -0.481 e. The van der Waals surface area contributed by atoms with Crippen LogP contribution in [0.5, 0.6) is 11.5 Å². The van der Waals surface area contributed by atoms with Crippen LogP contribution in [0.4, 0.5) is 0 Å². The van der Waals surface area contributed by atoms with Crippen molar-refractivity contribution in [3.05, 3.63) is 94.0 Å². The zero-order valence-corrected chi connectivity index (χ0v) is 21.1. The van der Waals surface area contributed by atoms with Crippen molar-refractivity contribution < 1.29 is 24.2 Å². The van der Waals surface area contributed by atoms with Gasteiger partial charge in [-0.2, -0.15) is 0 Å². The summed E-state index contributed by atoms with van der Waals surface area (Å²) in [5, 5.41) is 12.6. The summed E-state index contributed by atoms with van der Waals surface area (Å²) in [7, 11) is 0. The fourth-order valence-corrected chi connectivity index (χ4v) is 4.85. The molecule has 3 aromatic carbocycles. The molecule has 4 rings (SSSR count). The molecule has 0 unspecified atom stereocenters. The largest absolute Gasteiger partial charge is 0.481 e. The highest BCUT2D eigenvalue weighted by Crippen LogP contribution is 2.34. The van der Waals surface area contributed by atoms with Gasteiger partial charge in [-0.3, -0.25) is 9.59 Å². The van der Waals surface area contributed by atoms with Gasteiger partial charge in [0.05, 0.1) is 5.54 Å². The minimum absolute atomic E-state index is 0.0611. The number of benzene rings is 3. The lowest BCUT2D eigenvalue weighted by Gasteiger charge is -2.39. The second-order valence-electron chi connectivity index (χ2n) is 9.66. The molecule has 0 aliphatic carbocycles. The molecule has 188 valence electrons. The molecule has 0 saturated carbocycles. The molecular formula is C30H33NO5. The lowest BCUT2D eigenvalue weighted by molar-refractivity contribution is -0.136. The third-order valence-electron chi connectivity index (χ3n) is 6.63. The van der Waals surface area contributed by atoms with Crippen LogP contribution in [-0.4, -0.2) is 30.2 Å². The van der Waals surface area contributed by atoms with Crippen LogP contribution >= 0.6 is 0 Å². The number of amides is 1. The Bertz CT molecular complexity index is 1240. The van der Waals surface area contributed by atoms with Crippen molar-refractivity contribution >= 4 is 11.9 Å². The number of hydrogen-bond acceptors (Lipinski definition) is 4. The second-order valence-corrected chi connectivity index (χ2v) is 9.66. The smallest absolute Gasteiger partial charge is 0.303 e. The molecule has 1 aliphatic rings. The molecule has 0 radical (unpaired) electrons. The SMILES string of the molecule is Cc1cc(C)cc(Oc2ccc(CCC(=O)O)c(C(=O)NC3(c4cccc(C)c4)CCOCC3)c2)c1. The van der Waals surface area contributed by atoms with Crippen LogP contribution in [0.15, 0.2) is 60.7 Å². The predicted molar refractivity (Wildman–Crippen MR) is 139 cm³/mol. The first-order valence-electron chi connectivity index (χ1n) is 12.3. The van der Waals surface area contributed by atoms with Crippen LogP contribution in [0.1, 0.15) is 57.4 Å². The Labute approximate surface area is 212 Å². The molecule has 36 heavy (non-hydrogen) atoms. The van der Waals surface area contributed by atoms with E-state index in [0.717, 1.165) is 22.3 Å². The molecule has 1 heterocycles. The number of aliphatic carboxylic acids is 1. The van der Waals surface area contributed by atoms with Crippen molar-refractivity contribution in [2.75, 3.05) is 13.2 Å². The summed E-state index contributed by atoms with van der Waals surface area (Å²) in [6.45, 7) is 7.15. The number of ether oxygens (including phenoxy) is 2. The lowest BCUT2D eigenvalue weighted by Crippen LogP contribution is -2.49. The predicted octanol–water partition coefficient (Wildman–Crippen LogP) is 5.86. The van der Waals surface area contributed by atoms with Crippen molar-refractivity contribution in [1.82, 2.24) is 5.32 Å². The van der Waals surface area contributed by atoms with E-state index in [2.05, 4.69) is 17.4 Å². The number of hydrogen-bond donors (Lipinski definition) is 2. The van der Waals surface area contributed by atoms with Gasteiger partial charge in [0.1, 0.15) is 11.5 Å². The topological polar surface area (TPSA) is 84.9 Å². The van der Waals surface area contributed by atoms with E-state index in [-0.39, 0.29) is 18.7 Å². The molecule has 2 N–H and O–H groups in total. The zero-order valence-electron chi connectivity index (χ0n) is 21.1. The van der Waals surface area contributed by atoms with Gasteiger partial charge in [0.2, 0.25) is 0 Å². The van der Waals surface area contributed by atoms with E-state index in [0.29, 0.717) is 48.7 Å². The van der Waals surface area contributed by atoms with Gasteiger partial charge in [-0.15, -0.1) is 0 Å². The molecule has 1 fully saturated rings. The molecule has 1 aliphatic heterocycles. The number of carboxylic acid groups (broad SMARTS) is 1.